The molecule has 0 spiro atoms. The first-order valence-electron chi connectivity index (χ1n) is 3.73. The SMILES string of the molecule is CNC(C)(C)C(=O)NOCC(=O)O. The molecule has 0 saturated carbocycles. The molecule has 0 aromatic rings. The van der Waals surface area contributed by atoms with Gasteiger partial charge in [-0.15, -0.1) is 0 Å². The van der Waals surface area contributed by atoms with E-state index in [9.17, 15) is 9.59 Å². The predicted octanol–water partition coefficient (Wildman–Crippen LogP) is -0.883. The maximum absolute atomic E-state index is 11.2. The molecule has 6 heteroatoms. The number of hydroxylamine groups is 1. The van der Waals surface area contributed by atoms with E-state index >= 15 is 0 Å². The van der Waals surface area contributed by atoms with Gasteiger partial charge in [-0.3, -0.25) is 9.63 Å². The molecule has 0 saturated heterocycles. The summed E-state index contributed by atoms with van der Waals surface area (Å²) in [6.45, 7) is 2.74. The number of carbonyl (C=O) groups is 2. The van der Waals surface area contributed by atoms with Crippen molar-refractivity contribution < 1.29 is 19.5 Å². The Kier molecular flexibility index (Phi) is 4.36. The minimum atomic E-state index is -1.14. The molecule has 1 amide bonds. The molecule has 0 aliphatic carbocycles. The summed E-state index contributed by atoms with van der Waals surface area (Å²) < 4.78 is 0. The highest BCUT2D eigenvalue weighted by molar-refractivity contribution is 5.84. The zero-order valence-corrected chi connectivity index (χ0v) is 7.88. The molecule has 0 heterocycles. The number of rotatable bonds is 5. The molecule has 76 valence electrons. The van der Waals surface area contributed by atoms with Crippen LogP contribution in [0.15, 0.2) is 0 Å². The van der Waals surface area contributed by atoms with Crippen LogP contribution in [0.1, 0.15) is 13.8 Å². The molecule has 0 aromatic carbocycles. The first kappa shape index (κ1) is 11.9. The zero-order chi connectivity index (χ0) is 10.5. The molecule has 0 aliphatic rings. The van der Waals surface area contributed by atoms with Crippen LogP contribution in [0.3, 0.4) is 0 Å². The van der Waals surface area contributed by atoms with Crippen molar-refractivity contribution in [2.24, 2.45) is 0 Å². The second-order valence-corrected chi connectivity index (χ2v) is 2.99. The summed E-state index contributed by atoms with van der Waals surface area (Å²) in [5, 5.41) is 10.9. The molecule has 3 N–H and O–H groups in total. The third-order valence-electron chi connectivity index (χ3n) is 1.55. The number of aliphatic carboxylic acids is 1. The van der Waals surface area contributed by atoms with Crippen LogP contribution in [0.4, 0.5) is 0 Å². The van der Waals surface area contributed by atoms with E-state index in [1.807, 2.05) is 5.48 Å². The molecular formula is C7H14N2O4. The average Bonchev–Trinajstić information content (AvgIpc) is 2.03. The molecule has 0 aliphatic heterocycles. The number of nitrogens with one attached hydrogen (secondary N) is 2. The summed E-state index contributed by atoms with van der Waals surface area (Å²) in [7, 11) is 1.62. The van der Waals surface area contributed by atoms with Crippen molar-refractivity contribution >= 4 is 11.9 Å². The minimum Gasteiger partial charge on any atom is -0.479 e. The smallest absolute Gasteiger partial charge is 0.332 e. The van der Waals surface area contributed by atoms with Gasteiger partial charge in [0.25, 0.3) is 5.91 Å². The molecule has 0 aromatic heterocycles. The molecule has 0 atom stereocenters. The van der Waals surface area contributed by atoms with Gasteiger partial charge < -0.3 is 10.4 Å². The van der Waals surface area contributed by atoms with E-state index in [0.29, 0.717) is 0 Å². The lowest BCUT2D eigenvalue weighted by molar-refractivity contribution is -0.151. The van der Waals surface area contributed by atoms with Crippen LogP contribution in [-0.2, 0) is 14.4 Å². The number of hydrogen-bond donors (Lipinski definition) is 3. The van der Waals surface area contributed by atoms with Crippen LogP contribution in [-0.4, -0.2) is 36.2 Å². The molecule has 0 bridgehead atoms. The number of likely N-dealkylation sites (N-methyl/N-ethyl adjacent to an activating group) is 1. The molecule has 0 radical (unpaired) electrons. The molecular weight excluding hydrogens is 176 g/mol. The van der Waals surface area contributed by atoms with Gasteiger partial charge in [-0.2, -0.15) is 0 Å². The largest absolute Gasteiger partial charge is 0.479 e. The Morgan fingerprint density at radius 1 is 1.46 bits per heavy atom. The quantitative estimate of drug-likeness (QED) is 0.490. The van der Waals surface area contributed by atoms with Crippen LogP contribution >= 0.6 is 0 Å². The highest BCUT2D eigenvalue weighted by Gasteiger charge is 2.25. The molecule has 0 rings (SSSR count). The van der Waals surface area contributed by atoms with E-state index in [1.165, 1.54) is 0 Å². The standard InChI is InChI=1S/C7H14N2O4/c1-7(2,8-3)6(12)9-13-4-5(10)11/h8H,4H2,1-3H3,(H,9,12)(H,10,11). The first-order valence-corrected chi connectivity index (χ1v) is 3.73. The fourth-order valence-electron chi connectivity index (χ4n) is 0.404. The molecule has 0 fully saturated rings. The van der Waals surface area contributed by atoms with E-state index in [4.69, 9.17) is 5.11 Å². The number of hydrogen-bond acceptors (Lipinski definition) is 4. The number of carboxylic acid groups (broad SMARTS) is 1. The van der Waals surface area contributed by atoms with Crippen molar-refractivity contribution in [3.63, 3.8) is 0 Å². The third kappa shape index (κ3) is 4.44. The van der Waals surface area contributed by atoms with Gasteiger partial charge in [0.2, 0.25) is 0 Å². The average molecular weight is 190 g/mol. The summed E-state index contributed by atoms with van der Waals surface area (Å²) in [5.41, 5.74) is 1.24. The lowest BCUT2D eigenvalue weighted by atomic mass is 10.1. The highest BCUT2D eigenvalue weighted by atomic mass is 16.7. The molecule has 0 unspecified atom stereocenters. The first-order chi connectivity index (χ1) is 5.90. The lowest BCUT2D eigenvalue weighted by Gasteiger charge is -2.21. The van der Waals surface area contributed by atoms with Crippen LogP contribution in [0, 0.1) is 0 Å². The van der Waals surface area contributed by atoms with Gasteiger partial charge in [0.1, 0.15) is 0 Å². The van der Waals surface area contributed by atoms with Crippen molar-refractivity contribution in [3.05, 3.63) is 0 Å². The van der Waals surface area contributed by atoms with Crippen LogP contribution in [0.2, 0.25) is 0 Å². The van der Waals surface area contributed by atoms with Gasteiger partial charge in [0.05, 0.1) is 5.54 Å². The van der Waals surface area contributed by atoms with Gasteiger partial charge in [0, 0.05) is 0 Å². The lowest BCUT2D eigenvalue weighted by Crippen LogP contribution is -2.51. The summed E-state index contributed by atoms with van der Waals surface area (Å²) in [6.07, 6.45) is 0. The van der Waals surface area contributed by atoms with Crippen molar-refractivity contribution in [1.82, 2.24) is 10.8 Å². The minimum absolute atomic E-state index is 0.420. The van der Waals surface area contributed by atoms with Crippen molar-refractivity contribution in [2.45, 2.75) is 19.4 Å². The Hall–Kier alpha value is -1.14. The van der Waals surface area contributed by atoms with Crippen LogP contribution < -0.4 is 10.8 Å². The van der Waals surface area contributed by atoms with Crippen molar-refractivity contribution in [2.75, 3.05) is 13.7 Å². The Bertz CT molecular complexity index is 203. The number of amides is 1. The summed E-state index contributed by atoms with van der Waals surface area (Å²) in [5.74, 6) is -1.56. The number of carboxylic acids is 1. The van der Waals surface area contributed by atoms with E-state index in [0.717, 1.165) is 0 Å². The fourth-order valence-corrected chi connectivity index (χ4v) is 0.404. The number of carbonyl (C=O) groups excluding carboxylic acids is 1. The fraction of sp³-hybridized carbons (Fsp3) is 0.714. The maximum Gasteiger partial charge on any atom is 0.332 e. The monoisotopic (exact) mass is 190 g/mol. The van der Waals surface area contributed by atoms with E-state index in [1.54, 1.807) is 20.9 Å². The Morgan fingerprint density at radius 2 is 2.00 bits per heavy atom. The van der Waals surface area contributed by atoms with Gasteiger partial charge in [-0.05, 0) is 20.9 Å². The van der Waals surface area contributed by atoms with Crippen molar-refractivity contribution in [3.8, 4) is 0 Å². The van der Waals surface area contributed by atoms with Gasteiger partial charge in [-0.1, -0.05) is 0 Å². The van der Waals surface area contributed by atoms with E-state index in [2.05, 4.69) is 10.2 Å². The van der Waals surface area contributed by atoms with Crippen molar-refractivity contribution in [1.29, 1.82) is 0 Å². The Balaban J connectivity index is 3.81. The summed E-state index contributed by atoms with van der Waals surface area (Å²) in [4.78, 5) is 25.6. The van der Waals surface area contributed by atoms with Crippen LogP contribution in [0.5, 0.6) is 0 Å². The van der Waals surface area contributed by atoms with E-state index in [-0.39, 0.29) is 0 Å². The zero-order valence-electron chi connectivity index (χ0n) is 7.88. The highest BCUT2D eigenvalue weighted by Crippen LogP contribution is 1.99. The predicted molar refractivity (Wildman–Crippen MR) is 44.9 cm³/mol. The molecule has 6 nitrogen and oxygen atoms in total. The van der Waals surface area contributed by atoms with Gasteiger partial charge >= 0.3 is 5.97 Å². The van der Waals surface area contributed by atoms with E-state index < -0.39 is 24.0 Å². The topological polar surface area (TPSA) is 87.7 Å². The maximum atomic E-state index is 11.2. The third-order valence-corrected chi connectivity index (χ3v) is 1.55. The Morgan fingerprint density at radius 3 is 2.38 bits per heavy atom. The van der Waals surface area contributed by atoms with Gasteiger partial charge in [-0.25, -0.2) is 10.3 Å². The normalized spacial score (nSPS) is 11.0. The Labute approximate surface area is 76.2 Å². The summed E-state index contributed by atoms with van der Waals surface area (Å²) >= 11 is 0. The van der Waals surface area contributed by atoms with Crippen LogP contribution in [0.25, 0.3) is 0 Å². The van der Waals surface area contributed by atoms with Gasteiger partial charge in [0.15, 0.2) is 6.61 Å². The molecule has 13 heavy (non-hydrogen) atoms. The summed E-state index contributed by atoms with van der Waals surface area (Å²) in [6, 6.07) is 0. The second-order valence-electron chi connectivity index (χ2n) is 2.99. The second kappa shape index (κ2) is 4.78.